The Balaban J connectivity index is 1.22. The molecule has 7 rings (SSSR count). The summed E-state index contributed by atoms with van der Waals surface area (Å²) in [5, 5.41) is 12.1. The second-order valence-corrected chi connectivity index (χ2v) is 12.9. The number of ether oxygens (including phenoxy) is 1. The molecule has 2 saturated heterocycles. The van der Waals surface area contributed by atoms with Gasteiger partial charge in [-0.1, -0.05) is 36.9 Å². The Morgan fingerprint density at radius 3 is 2.62 bits per heavy atom. The van der Waals surface area contributed by atoms with Gasteiger partial charge in [-0.25, -0.2) is 4.39 Å². The number of benzene rings is 2. The zero-order valence-electron chi connectivity index (χ0n) is 25.9. The van der Waals surface area contributed by atoms with E-state index in [0.29, 0.717) is 44.2 Å². The first-order valence-corrected chi connectivity index (χ1v) is 16.2. The van der Waals surface area contributed by atoms with E-state index in [0.717, 1.165) is 49.4 Å². The highest BCUT2D eigenvalue weighted by atomic mass is 19.1. The van der Waals surface area contributed by atoms with E-state index in [1.54, 1.807) is 0 Å². The minimum absolute atomic E-state index is 0.0956. The van der Waals surface area contributed by atoms with Gasteiger partial charge in [0.25, 0.3) is 5.91 Å². The molecule has 1 saturated carbocycles. The number of halogens is 1. The summed E-state index contributed by atoms with van der Waals surface area (Å²) in [5.41, 5.74) is 4.69. The van der Waals surface area contributed by atoms with Gasteiger partial charge < -0.3 is 24.3 Å². The van der Waals surface area contributed by atoms with Crippen LogP contribution in [-0.2, 0) is 17.8 Å². The van der Waals surface area contributed by atoms with Crippen molar-refractivity contribution in [3.05, 3.63) is 65.6 Å². The number of hydrogen-bond donors (Lipinski definition) is 0. The Kier molecular flexibility index (Phi) is 8.04. The molecule has 0 bridgehead atoms. The molecule has 0 spiro atoms. The van der Waals surface area contributed by atoms with Crippen molar-refractivity contribution in [3.63, 3.8) is 0 Å². The van der Waals surface area contributed by atoms with Crippen molar-refractivity contribution < 1.29 is 13.9 Å². The van der Waals surface area contributed by atoms with Gasteiger partial charge in [0, 0.05) is 48.9 Å². The van der Waals surface area contributed by atoms with Gasteiger partial charge in [0.05, 0.1) is 30.8 Å². The normalized spacial score (nSPS) is 21.9. The molecular weight excluding hydrogens is 569 g/mol. The van der Waals surface area contributed by atoms with Crippen LogP contribution in [0.5, 0.6) is 6.01 Å². The van der Waals surface area contributed by atoms with Gasteiger partial charge in [-0.15, -0.1) is 0 Å². The van der Waals surface area contributed by atoms with Crippen LogP contribution in [0.25, 0.3) is 10.8 Å². The molecule has 0 unspecified atom stereocenters. The molecule has 0 N–H and O–H groups in total. The number of carbonyl (C=O) groups excluding carboxylic acids is 1. The third-order valence-corrected chi connectivity index (χ3v) is 9.97. The van der Waals surface area contributed by atoms with Crippen LogP contribution >= 0.6 is 0 Å². The number of hydrogen-bond acceptors (Lipinski definition) is 8. The van der Waals surface area contributed by atoms with Crippen LogP contribution < -0.4 is 14.5 Å². The van der Waals surface area contributed by atoms with Gasteiger partial charge in [-0.3, -0.25) is 4.79 Å². The van der Waals surface area contributed by atoms with E-state index in [1.165, 1.54) is 39.8 Å². The lowest BCUT2D eigenvalue weighted by Crippen LogP contribution is -2.55. The smallest absolute Gasteiger partial charge is 0.318 e. The third-order valence-electron chi connectivity index (χ3n) is 9.97. The Labute approximate surface area is 263 Å². The standard InChI is InChI=1S/C35H40FN7O2/c1-23(36)34(44)43-19-18-42(20-26(43)13-15-37)33-29-14-17-41(21-30(29)38-35(39-33)45-22-27-8-5-16-40(27)2)31-10-4-7-25-6-3-9-28(32(25)31)24-11-12-24/h3-4,6-7,9-10,24,26-27H,1,5,8,11-14,16-22H2,2H3/t26-,27-/m0/s1. The van der Waals surface area contributed by atoms with Crippen molar-refractivity contribution in [2.24, 2.45) is 0 Å². The summed E-state index contributed by atoms with van der Waals surface area (Å²) in [7, 11) is 2.13. The molecule has 45 heavy (non-hydrogen) atoms. The number of piperazine rings is 1. The summed E-state index contributed by atoms with van der Waals surface area (Å²) in [5.74, 6) is -0.325. The van der Waals surface area contributed by atoms with Crippen molar-refractivity contribution >= 4 is 28.2 Å². The molecule has 234 valence electrons. The van der Waals surface area contributed by atoms with Crippen molar-refractivity contribution in [1.29, 1.82) is 5.26 Å². The van der Waals surface area contributed by atoms with Crippen LogP contribution in [0.4, 0.5) is 15.9 Å². The van der Waals surface area contributed by atoms with Crippen LogP contribution in [0.2, 0.25) is 0 Å². The number of nitrogens with zero attached hydrogens (tertiary/aromatic N) is 7. The van der Waals surface area contributed by atoms with Crippen LogP contribution in [0.15, 0.2) is 48.8 Å². The summed E-state index contributed by atoms with van der Waals surface area (Å²) in [6.45, 7) is 7.34. The zero-order chi connectivity index (χ0) is 31.1. The number of likely N-dealkylation sites (N-methyl/N-ethyl adjacent to an activating group) is 1. The summed E-state index contributed by atoms with van der Waals surface area (Å²) in [4.78, 5) is 30.8. The molecule has 1 amide bonds. The molecule has 3 aromatic rings. The monoisotopic (exact) mass is 609 g/mol. The zero-order valence-corrected chi connectivity index (χ0v) is 25.9. The molecule has 4 aliphatic rings. The molecule has 1 aromatic heterocycles. The molecular formula is C35H40FN7O2. The molecule has 0 radical (unpaired) electrons. The number of amides is 1. The molecule has 2 aromatic carbocycles. The SMILES string of the molecule is C=C(F)C(=O)N1CCN(c2nc(OC[C@@H]3CCCN3C)nc3c2CCN(c2cccc4cccc(C5CC5)c24)C3)C[C@@H]1CC#N. The number of fused-ring (bicyclic) bond motifs is 2. The third kappa shape index (κ3) is 5.82. The molecule has 2 atom stereocenters. The maximum atomic E-state index is 13.9. The second kappa shape index (κ2) is 12.3. The van der Waals surface area contributed by atoms with E-state index in [1.807, 2.05) is 0 Å². The fraction of sp³-hybridized carbons (Fsp3) is 0.486. The van der Waals surface area contributed by atoms with Crippen LogP contribution in [0.3, 0.4) is 0 Å². The van der Waals surface area contributed by atoms with E-state index in [4.69, 9.17) is 14.7 Å². The largest absolute Gasteiger partial charge is 0.462 e. The molecule has 9 nitrogen and oxygen atoms in total. The van der Waals surface area contributed by atoms with Gasteiger partial charge in [0.15, 0.2) is 5.83 Å². The Morgan fingerprint density at radius 2 is 1.89 bits per heavy atom. The minimum atomic E-state index is -1.00. The van der Waals surface area contributed by atoms with Gasteiger partial charge in [-0.05, 0) is 68.6 Å². The Bertz CT molecular complexity index is 1660. The molecule has 3 fully saturated rings. The van der Waals surface area contributed by atoms with E-state index in [9.17, 15) is 14.4 Å². The first-order valence-electron chi connectivity index (χ1n) is 16.2. The predicted octanol–water partition coefficient (Wildman–Crippen LogP) is 4.96. The number of aromatic nitrogens is 2. The maximum absolute atomic E-state index is 13.9. The lowest BCUT2D eigenvalue weighted by atomic mass is 9.97. The van der Waals surface area contributed by atoms with Crippen molar-refractivity contribution in [3.8, 4) is 12.1 Å². The number of anilines is 2. The van der Waals surface area contributed by atoms with E-state index < -0.39 is 17.8 Å². The fourth-order valence-corrected chi connectivity index (χ4v) is 7.38. The van der Waals surface area contributed by atoms with Crippen molar-refractivity contribution in [2.45, 2.75) is 63.1 Å². The van der Waals surface area contributed by atoms with Gasteiger partial charge in [0.1, 0.15) is 12.4 Å². The summed E-state index contributed by atoms with van der Waals surface area (Å²) in [6.07, 6.45) is 5.57. The number of nitriles is 1. The highest BCUT2D eigenvalue weighted by molar-refractivity contribution is 5.97. The lowest BCUT2D eigenvalue weighted by Gasteiger charge is -2.42. The van der Waals surface area contributed by atoms with Gasteiger partial charge in [-0.2, -0.15) is 15.2 Å². The molecule has 3 aliphatic heterocycles. The summed E-state index contributed by atoms with van der Waals surface area (Å²) in [6, 6.07) is 15.6. The lowest BCUT2D eigenvalue weighted by molar-refractivity contribution is -0.131. The minimum Gasteiger partial charge on any atom is -0.462 e. The number of carbonyl (C=O) groups is 1. The maximum Gasteiger partial charge on any atom is 0.318 e. The van der Waals surface area contributed by atoms with E-state index in [2.05, 4.69) is 70.8 Å². The van der Waals surface area contributed by atoms with Crippen molar-refractivity contribution in [1.82, 2.24) is 19.8 Å². The summed E-state index contributed by atoms with van der Waals surface area (Å²) < 4.78 is 20.2. The highest BCUT2D eigenvalue weighted by Crippen LogP contribution is 2.46. The quantitative estimate of drug-likeness (QED) is 0.332. The van der Waals surface area contributed by atoms with Gasteiger partial charge >= 0.3 is 6.01 Å². The fourth-order valence-electron chi connectivity index (χ4n) is 7.38. The molecule has 4 heterocycles. The van der Waals surface area contributed by atoms with Gasteiger partial charge in [0.2, 0.25) is 0 Å². The molecule has 1 aliphatic carbocycles. The average Bonchev–Trinajstić information content (AvgIpc) is 3.82. The van der Waals surface area contributed by atoms with E-state index in [-0.39, 0.29) is 13.0 Å². The first-order chi connectivity index (χ1) is 21.9. The number of likely N-dealkylation sites (tertiary alicyclic amines) is 1. The van der Waals surface area contributed by atoms with Crippen LogP contribution in [-0.4, -0.2) is 84.1 Å². The highest BCUT2D eigenvalue weighted by Gasteiger charge is 2.35. The van der Waals surface area contributed by atoms with Crippen LogP contribution in [0, 0.1) is 11.3 Å². The average molecular weight is 610 g/mol. The second-order valence-electron chi connectivity index (χ2n) is 12.9. The predicted molar refractivity (Wildman–Crippen MR) is 172 cm³/mol. The van der Waals surface area contributed by atoms with E-state index >= 15 is 0 Å². The number of rotatable bonds is 8. The Morgan fingerprint density at radius 1 is 1.07 bits per heavy atom. The van der Waals surface area contributed by atoms with Crippen LogP contribution in [0.1, 0.15) is 54.8 Å². The van der Waals surface area contributed by atoms with Crippen molar-refractivity contribution in [2.75, 3.05) is 56.2 Å². The molecule has 10 heteroatoms. The first kappa shape index (κ1) is 29.5. The topological polar surface area (TPSA) is 88.8 Å². The Hall–Kier alpha value is -4.23. The summed E-state index contributed by atoms with van der Waals surface area (Å²) >= 11 is 0.